The molecule has 19 heavy (non-hydrogen) atoms. The van der Waals surface area contributed by atoms with E-state index < -0.39 is 0 Å². The summed E-state index contributed by atoms with van der Waals surface area (Å²) in [6, 6.07) is 14.3. The molecule has 2 N–H and O–H groups in total. The lowest BCUT2D eigenvalue weighted by Gasteiger charge is -2.13. The van der Waals surface area contributed by atoms with E-state index in [0.29, 0.717) is 12.5 Å². The van der Waals surface area contributed by atoms with Gasteiger partial charge in [-0.15, -0.1) is 0 Å². The Labute approximate surface area is 115 Å². The Kier molecular flexibility index (Phi) is 4.23. The number of rotatable bonds is 4. The Bertz CT molecular complexity index is 544. The predicted octanol–water partition coefficient (Wildman–Crippen LogP) is 4.37. The first-order chi connectivity index (χ1) is 9.11. The first-order valence-corrected chi connectivity index (χ1v) is 6.68. The summed E-state index contributed by atoms with van der Waals surface area (Å²) in [6.07, 6.45) is 0. The second kappa shape index (κ2) is 5.89. The van der Waals surface area contributed by atoms with Gasteiger partial charge in [-0.25, -0.2) is 0 Å². The van der Waals surface area contributed by atoms with Gasteiger partial charge in [-0.2, -0.15) is 0 Å². The lowest BCUT2D eigenvalue weighted by atomic mass is 10.0. The van der Waals surface area contributed by atoms with Crippen molar-refractivity contribution in [2.45, 2.75) is 33.2 Å². The summed E-state index contributed by atoms with van der Waals surface area (Å²) in [6.45, 7) is 6.89. The summed E-state index contributed by atoms with van der Waals surface area (Å²) >= 11 is 0. The number of benzene rings is 2. The highest BCUT2D eigenvalue weighted by atomic mass is 16.5. The van der Waals surface area contributed by atoms with Crippen molar-refractivity contribution in [2.75, 3.05) is 0 Å². The molecule has 2 rings (SSSR count). The average molecular weight is 255 g/mol. The van der Waals surface area contributed by atoms with Crippen LogP contribution in [-0.2, 0) is 6.54 Å². The second-order valence-corrected chi connectivity index (χ2v) is 5.09. The van der Waals surface area contributed by atoms with Crippen molar-refractivity contribution in [1.82, 2.24) is 0 Å². The van der Waals surface area contributed by atoms with Gasteiger partial charge < -0.3 is 10.5 Å². The van der Waals surface area contributed by atoms with E-state index >= 15 is 0 Å². The molecule has 0 aromatic heterocycles. The van der Waals surface area contributed by atoms with E-state index in [1.807, 2.05) is 37.3 Å². The van der Waals surface area contributed by atoms with E-state index in [-0.39, 0.29) is 0 Å². The van der Waals surface area contributed by atoms with E-state index in [1.165, 1.54) is 5.56 Å². The van der Waals surface area contributed by atoms with E-state index in [1.54, 1.807) is 0 Å². The summed E-state index contributed by atoms with van der Waals surface area (Å²) in [7, 11) is 0. The van der Waals surface area contributed by atoms with Gasteiger partial charge in [0, 0.05) is 12.1 Å². The van der Waals surface area contributed by atoms with E-state index in [2.05, 4.69) is 26.0 Å². The highest BCUT2D eigenvalue weighted by Crippen LogP contribution is 2.29. The number of hydrogen-bond donors (Lipinski definition) is 1. The van der Waals surface area contributed by atoms with Gasteiger partial charge in [0.2, 0.25) is 0 Å². The van der Waals surface area contributed by atoms with Crippen LogP contribution in [0.15, 0.2) is 42.5 Å². The molecule has 0 saturated carbocycles. The lowest BCUT2D eigenvalue weighted by Crippen LogP contribution is -2.00. The van der Waals surface area contributed by atoms with Gasteiger partial charge in [0.25, 0.3) is 0 Å². The minimum atomic E-state index is 0.487. The summed E-state index contributed by atoms with van der Waals surface area (Å²) in [5.41, 5.74) is 9.22. The molecule has 2 heteroatoms. The average Bonchev–Trinajstić information content (AvgIpc) is 2.41. The Morgan fingerprint density at radius 2 is 1.74 bits per heavy atom. The van der Waals surface area contributed by atoms with Gasteiger partial charge in [0.15, 0.2) is 0 Å². The zero-order chi connectivity index (χ0) is 13.8. The normalized spacial score (nSPS) is 10.8. The molecule has 0 spiro atoms. The maximum atomic E-state index is 5.99. The first kappa shape index (κ1) is 13.6. The Hall–Kier alpha value is -1.80. The van der Waals surface area contributed by atoms with Crippen LogP contribution in [-0.4, -0.2) is 0 Å². The summed E-state index contributed by atoms with van der Waals surface area (Å²) in [5, 5.41) is 0. The third-order valence-electron chi connectivity index (χ3n) is 3.28. The monoisotopic (exact) mass is 255 g/mol. The van der Waals surface area contributed by atoms with Crippen LogP contribution in [0, 0.1) is 6.92 Å². The topological polar surface area (TPSA) is 35.2 Å². The molecule has 0 bridgehead atoms. The molecule has 0 unspecified atom stereocenters. The minimum Gasteiger partial charge on any atom is -0.457 e. The van der Waals surface area contributed by atoms with Gasteiger partial charge in [0.1, 0.15) is 11.5 Å². The Morgan fingerprint density at radius 1 is 1.05 bits per heavy atom. The Morgan fingerprint density at radius 3 is 2.32 bits per heavy atom. The van der Waals surface area contributed by atoms with Crippen molar-refractivity contribution in [2.24, 2.45) is 5.73 Å². The first-order valence-electron chi connectivity index (χ1n) is 6.68. The van der Waals surface area contributed by atoms with Gasteiger partial charge >= 0.3 is 0 Å². The van der Waals surface area contributed by atoms with Crippen molar-refractivity contribution in [1.29, 1.82) is 0 Å². The maximum Gasteiger partial charge on any atom is 0.134 e. The van der Waals surface area contributed by atoms with Gasteiger partial charge in [0.05, 0.1) is 0 Å². The lowest BCUT2D eigenvalue weighted by molar-refractivity contribution is 0.472. The van der Waals surface area contributed by atoms with Crippen LogP contribution >= 0.6 is 0 Å². The number of ether oxygens (including phenoxy) is 1. The van der Waals surface area contributed by atoms with Crippen LogP contribution in [0.1, 0.15) is 36.5 Å². The molecule has 2 aromatic carbocycles. The van der Waals surface area contributed by atoms with Crippen LogP contribution in [0.25, 0.3) is 0 Å². The third-order valence-corrected chi connectivity index (χ3v) is 3.28. The van der Waals surface area contributed by atoms with Gasteiger partial charge in [-0.1, -0.05) is 44.2 Å². The number of hydrogen-bond acceptors (Lipinski definition) is 2. The number of aryl methyl sites for hydroxylation is 1. The zero-order valence-corrected chi connectivity index (χ0v) is 11.8. The minimum absolute atomic E-state index is 0.487. The maximum absolute atomic E-state index is 5.99. The molecular weight excluding hydrogens is 234 g/mol. The Balaban J connectivity index is 2.26. The molecule has 0 aliphatic carbocycles. The fraction of sp³-hybridized carbons (Fsp3) is 0.294. The summed E-state index contributed by atoms with van der Waals surface area (Å²) < 4.78 is 5.99. The van der Waals surface area contributed by atoms with Crippen LogP contribution in [0.5, 0.6) is 11.5 Å². The summed E-state index contributed by atoms with van der Waals surface area (Å²) in [5.74, 6) is 2.27. The van der Waals surface area contributed by atoms with Crippen molar-refractivity contribution in [3.8, 4) is 11.5 Å². The third kappa shape index (κ3) is 3.15. The van der Waals surface area contributed by atoms with E-state index in [9.17, 15) is 0 Å². The smallest absolute Gasteiger partial charge is 0.134 e. The molecule has 0 amide bonds. The van der Waals surface area contributed by atoms with E-state index in [4.69, 9.17) is 10.5 Å². The largest absolute Gasteiger partial charge is 0.457 e. The van der Waals surface area contributed by atoms with Crippen LogP contribution in [0.4, 0.5) is 0 Å². The van der Waals surface area contributed by atoms with Gasteiger partial charge in [-0.05, 0) is 36.1 Å². The van der Waals surface area contributed by atoms with E-state index in [0.717, 1.165) is 22.6 Å². The molecule has 0 radical (unpaired) electrons. The van der Waals surface area contributed by atoms with Crippen LogP contribution in [0.2, 0.25) is 0 Å². The molecule has 2 aromatic rings. The molecule has 0 saturated heterocycles. The summed E-state index contributed by atoms with van der Waals surface area (Å²) in [4.78, 5) is 0. The van der Waals surface area contributed by atoms with Crippen molar-refractivity contribution in [3.63, 3.8) is 0 Å². The molecule has 0 aliphatic heterocycles. The standard InChI is InChI=1S/C17H21NO/c1-12(2)14-7-9-16(10-8-14)19-17-13(3)5-4-6-15(17)11-18/h4-10,12H,11,18H2,1-3H3. The molecule has 0 aliphatic rings. The molecular formula is C17H21NO. The van der Waals surface area contributed by atoms with Crippen molar-refractivity contribution in [3.05, 3.63) is 59.2 Å². The fourth-order valence-corrected chi connectivity index (χ4v) is 2.06. The fourth-order valence-electron chi connectivity index (χ4n) is 2.06. The number of nitrogens with two attached hydrogens (primary N) is 1. The van der Waals surface area contributed by atoms with Crippen LogP contribution < -0.4 is 10.5 Å². The quantitative estimate of drug-likeness (QED) is 0.880. The second-order valence-electron chi connectivity index (χ2n) is 5.09. The molecule has 2 nitrogen and oxygen atoms in total. The van der Waals surface area contributed by atoms with Crippen molar-refractivity contribution >= 4 is 0 Å². The zero-order valence-electron chi connectivity index (χ0n) is 11.8. The highest BCUT2D eigenvalue weighted by molar-refractivity contribution is 5.44. The number of para-hydroxylation sites is 1. The molecule has 0 fully saturated rings. The predicted molar refractivity (Wildman–Crippen MR) is 79.7 cm³/mol. The molecule has 100 valence electrons. The SMILES string of the molecule is Cc1cccc(CN)c1Oc1ccc(C(C)C)cc1. The van der Waals surface area contributed by atoms with Crippen molar-refractivity contribution < 1.29 is 4.74 Å². The molecule has 0 atom stereocenters. The molecule has 0 heterocycles. The van der Waals surface area contributed by atoms with Crippen LogP contribution in [0.3, 0.4) is 0 Å². The highest BCUT2D eigenvalue weighted by Gasteiger charge is 2.07. The van der Waals surface area contributed by atoms with Gasteiger partial charge in [-0.3, -0.25) is 0 Å².